The summed E-state index contributed by atoms with van der Waals surface area (Å²) < 4.78 is 0. The Labute approximate surface area is 145 Å². The van der Waals surface area contributed by atoms with Crippen LogP contribution >= 0.6 is 11.6 Å². The minimum absolute atomic E-state index is 0.0982. The predicted molar refractivity (Wildman–Crippen MR) is 91.5 cm³/mol. The Bertz CT molecular complexity index is 720. The lowest BCUT2D eigenvalue weighted by Gasteiger charge is -2.21. The molecule has 1 aromatic carbocycles. The fraction of sp³-hybridized carbons (Fsp3) is 0.278. The molecule has 1 saturated heterocycles. The van der Waals surface area contributed by atoms with Gasteiger partial charge in [0.05, 0.1) is 11.7 Å². The largest absolute Gasteiger partial charge is 0.303 e. The van der Waals surface area contributed by atoms with Crippen LogP contribution in [0.1, 0.15) is 30.1 Å². The van der Waals surface area contributed by atoms with Crippen molar-refractivity contribution in [3.63, 3.8) is 0 Å². The lowest BCUT2D eigenvalue weighted by Crippen LogP contribution is -2.37. The minimum atomic E-state index is -0.155. The number of hydrogen-bond acceptors (Lipinski definition) is 4. The van der Waals surface area contributed by atoms with Crippen molar-refractivity contribution in [3.8, 4) is 0 Å². The van der Waals surface area contributed by atoms with Crippen molar-refractivity contribution in [3.05, 3.63) is 64.9 Å². The van der Waals surface area contributed by atoms with Crippen LogP contribution in [0.15, 0.2) is 48.7 Å². The molecule has 0 spiro atoms. The number of aromatic nitrogens is 1. The quantitative estimate of drug-likeness (QED) is 0.819. The van der Waals surface area contributed by atoms with Gasteiger partial charge in [-0.1, -0.05) is 29.8 Å². The SMILES string of the molecule is O=C1CCC(=O)N1CCN[C@H](c1cccc(Cl)c1)c1ccccn1. The summed E-state index contributed by atoms with van der Waals surface area (Å²) in [5, 5.41) is 4.03. The molecule has 6 heteroatoms. The summed E-state index contributed by atoms with van der Waals surface area (Å²) in [4.78, 5) is 29.1. The number of carbonyl (C=O) groups excluding carboxylic acids is 2. The second kappa shape index (κ2) is 7.55. The van der Waals surface area contributed by atoms with E-state index in [4.69, 9.17) is 11.6 Å². The standard InChI is InChI=1S/C18H18ClN3O2/c19-14-5-3-4-13(12-14)18(15-6-1-2-9-20-15)21-10-11-22-16(23)7-8-17(22)24/h1-6,9,12,18,21H,7-8,10-11H2/t18-/m1/s1. The van der Waals surface area contributed by atoms with Gasteiger partial charge in [-0.2, -0.15) is 0 Å². The third kappa shape index (κ3) is 3.80. The number of benzene rings is 1. The minimum Gasteiger partial charge on any atom is -0.303 e. The maximum absolute atomic E-state index is 11.7. The number of rotatable bonds is 6. The number of amides is 2. The van der Waals surface area contributed by atoms with E-state index in [1.807, 2.05) is 42.5 Å². The maximum Gasteiger partial charge on any atom is 0.229 e. The molecule has 1 aliphatic rings. The molecule has 124 valence electrons. The number of hydrogen-bond donors (Lipinski definition) is 1. The zero-order valence-electron chi connectivity index (χ0n) is 13.1. The highest BCUT2D eigenvalue weighted by Crippen LogP contribution is 2.23. The molecule has 5 nitrogen and oxygen atoms in total. The van der Waals surface area contributed by atoms with E-state index in [9.17, 15) is 9.59 Å². The molecule has 2 aromatic rings. The monoisotopic (exact) mass is 343 g/mol. The van der Waals surface area contributed by atoms with Gasteiger partial charge in [0.1, 0.15) is 0 Å². The van der Waals surface area contributed by atoms with Crippen molar-refractivity contribution >= 4 is 23.4 Å². The maximum atomic E-state index is 11.7. The van der Waals surface area contributed by atoms with Crippen molar-refractivity contribution in [2.24, 2.45) is 0 Å². The van der Waals surface area contributed by atoms with Crippen LogP contribution in [0, 0.1) is 0 Å². The lowest BCUT2D eigenvalue weighted by atomic mass is 10.0. The van der Waals surface area contributed by atoms with Crippen LogP contribution in [-0.4, -0.2) is 34.8 Å². The van der Waals surface area contributed by atoms with E-state index in [1.165, 1.54) is 4.90 Å². The Morgan fingerprint density at radius 2 is 1.92 bits per heavy atom. The number of nitrogens with one attached hydrogen (secondary N) is 1. The zero-order chi connectivity index (χ0) is 16.9. The molecule has 0 saturated carbocycles. The fourth-order valence-corrected chi connectivity index (χ4v) is 3.02. The summed E-state index contributed by atoms with van der Waals surface area (Å²) in [6, 6.07) is 13.1. The Morgan fingerprint density at radius 1 is 1.12 bits per heavy atom. The highest BCUT2D eigenvalue weighted by atomic mass is 35.5. The molecule has 3 rings (SSSR count). The van der Waals surface area contributed by atoms with Gasteiger partial charge in [-0.3, -0.25) is 19.5 Å². The second-order valence-electron chi connectivity index (χ2n) is 5.64. The van der Waals surface area contributed by atoms with Gasteiger partial charge in [-0.15, -0.1) is 0 Å². The first kappa shape index (κ1) is 16.6. The van der Waals surface area contributed by atoms with E-state index in [1.54, 1.807) is 6.20 Å². The summed E-state index contributed by atoms with van der Waals surface area (Å²) in [5.41, 5.74) is 1.85. The Hall–Kier alpha value is -2.24. The fourth-order valence-electron chi connectivity index (χ4n) is 2.82. The van der Waals surface area contributed by atoms with Crippen LogP contribution in [0.25, 0.3) is 0 Å². The smallest absolute Gasteiger partial charge is 0.229 e. The van der Waals surface area contributed by atoms with Crippen LogP contribution in [-0.2, 0) is 9.59 Å². The van der Waals surface area contributed by atoms with Crippen LogP contribution in [0.2, 0.25) is 5.02 Å². The average molecular weight is 344 g/mol. The highest BCUT2D eigenvalue weighted by molar-refractivity contribution is 6.30. The summed E-state index contributed by atoms with van der Waals surface area (Å²) in [6.07, 6.45) is 2.37. The first-order valence-corrected chi connectivity index (χ1v) is 8.26. The summed E-state index contributed by atoms with van der Waals surface area (Å²) in [7, 11) is 0. The van der Waals surface area contributed by atoms with Crippen molar-refractivity contribution in [2.75, 3.05) is 13.1 Å². The normalized spacial score (nSPS) is 15.8. The molecular formula is C18H18ClN3O2. The van der Waals surface area contributed by atoms with E-state index < -0.39 is 0 Å². The molecule has 1 atom stereocenters. The molecule has 1 N–H and O–H groups in total. The Morgan fingerprint density at radius 3 is 2.58 bits per heavy atom. The van der Waals surface area contributed by atoms with Crippen molar-refractivity contribution in [1.82, 2.24) is 15.2 Å². The van der Waals surface area contributed by atoms with E-state index in [0.29, 0.717) is 31.0 Å². The number of likely N-dealkylation sites (tertiary alicyclic amines) is 1. The lowest BCUT2D eigenvalue weighted by molar-refractivity contribution is -0.138. The van der Waals surface area contributed by atoms with Gasteiger partial charge in [0, 0.05) is 37.2 Å². The van der Waals surface area contributed by atoms with E-state index in [-0.39, 0.29) is 17.9 Å². The van der Waals surface area contributed by atoms with Gasteiger partial charge in [0.2, 0.25) is 11.8 Å². The molecule has 1 aromatic heterocycles. The molecular weight excluding hydrogens is 326 g/mol. The predicted octanol–water partition coefficient (Wildman–Crippen LogP) is 2.56. The van der Waals surface area contributed by atoms with Crippen LogP contribution < -0.4 is 5.32 Å². The van der Waals surface area contributed by atoms with Crippen molar-refractivity contribution < 1.29 is 9.59 Å². The molecule has 2 heterocycles. The van der Waals surface area contributed by atoms with Gasteiger partial charge < -0.3 is 5.32 Å². The average Bonchev–Trinajstić information content (AvgIpc) is 2.91. The molecule has 24 heavy (non-hydrogen) atoms. The second-order valence-corrected chi connectivity index (χ2v) is 6.07. The van der Waals surface area contributed by atoms with Crippen LogP contribution in [0.3, 0.4) is 0 Å². The highest BCUT2D eigenvalue weighted by Gasteiger charge is 2.28. The van der Waals surface area contributed by atoms with Crippen LogP contribution in [0.5, 0.6) is 0 Å². The van der Waals surface area contributed by atoms with Crippen molar-refractivity contribution in [2.45, 2.75) is 18.9 Å². The molecule has 0 radical (unpaired) electrons. The molecule has 0 bridgehead atoms. The summed E-state index contributed by atoms with van der Waals surface area (Å²) >= 11 is 6.11. The first-order chi connectivity index (χ1) is 11.6. The summed E-state index contributed by atoms with van der Waals surface area (Å²) in [6.45, 7) is 0.854. The van der Waals surface area contributed by atoms with E-state index in [2.05, 4.69) is 10.3 Å². The number of nitrogens with zero attached hydrogens (tertiary/aromatic N) is 2. The number of pyridine rings is 1. The molecule has 2 amide bonds. The number of carbonyl (C=O) groups is 2. The van der Waals surface area contributed by atoms with Crippen molar-refractivity contribution in [1.29, 1.82) is 0 Å². The van der Waals surface area contributed by atoms with Gasteiger partial charge in [0.25, 0.3) is 0 Å². The third-order valence-corrected chi connectivity index (χ3v) is 4.24. The number of imide groups is 1. The van der Waals surface area contributed by atoms with Gasteiger partial charge >= 0.3 is 0 Å². The molecule has 1 aliphatic heterocycles. The van der Waals surface area contributed by atoms with Gasteiger partial charge in [-0.25, -0.2) is 0 Å². The van der Waals surface area contributed by atoms with Gasteiger partial charge in [-0.05, 0) is 29.8 Å². The van der Waals surface area contributed by atoms with Crippen LogP contribution in [0.4, 0.5) is 0 Å². The first-order valence-electron chi connectivity index (χ1n) is 7.88. The molecule has 0 unspecified atom stereocenters. The number of halogens is 1. The van der Waals surface area contributed by atoms with E-state index >= 15 is 0 Å². The van der Waals surface area contributed by atoms with Gasteiger partial charge in [0.15, 0.2) is 0 Å². The summed E-state index contributed by atoms with van der Waals surface area (Å²) in [5.74, 6) is -0.196. The Balaban J connectivity index is 1.73. The molecule has 1 fully saturated rings. The topological polar surface area (TPSA) is 62.3 Å². The zero-order valence-corrected chi connectivity index (χ0v) is 13.9. The third-order valence-electron chi connectivity index (χ3n) is 4.00. The van der Waals surface area contributed by atoms with E-state index in [0.717, 1.165) is 11.3 Å². The Kier molecular flexibility index (Phi) is 5.23. The molecule has 0 aliphatic carbocycles.